The molecule has 23 heavy (non-hydrogen) atoms. The van der Waals surface area contributed by atoms with Crippen LogP contribution in [-0.4, -0.2) is 28.4 Å². The Balaban J connectivity index is 1.64. The van der Waals surface area contributed by atoms with Crippen molar-refractivity contribution in [2.45, 2.75) is 44.7 Å². The summed E-state index contributed by atoms with van der Waals surface area (Å²) in [5.41, 5.74) is 7.75. The van der Waals surface area contributed by atoms with E-state index in [-0.39, 0.29) is 5.91 Å². The minimum Gasteiger partial charge on any atom is -0.369 e. The maximum Gasteiger partial charge on any atom is 0.231 e. The normalized spacial score (nSPS) is 15.3. The van der Waals surface area contributed by atoms with E-state index in [1.54, 1.807) is 11.3 Å². The maximum absolute atomic E-state index is 11.4. The minimum absolute atomic E-state index is 0.253. The summed E-state index contributed by atoms with van der Waals surface area (Å²) in [6.07, 6.45) is 5.68. The van der Waals surface area contributed by atoms with E-state index in [0.29, 0.717) is 12.6 Å². The molecule has 5 heteroatoms. The van der Waals surface area contributed by atoms with Crippen molar-refractivity contribution in [3.8, 4) is 0 Å². The number of nitrogens with two attached hydrogens (primary N) is 1. The lowest BCUT2D eigenvalue weighted by atomic mass is 10.2. The number of carbonyl (C=O) groups is 1. The number of hydrogen-bond acceptors (Lipinski definition) is 4. The zero-order valence-corrected chi connectivity index (χ0v) is 14.1. The van der Waals surface area contributed by atoms with Gasteiger partial charge in [0.25, 0.3) is 0 Å². The van der Waals surface area contributed by atoms with E-state index in [0.717, 1.165) is 36.5 Å². The quantitative estimate of drug-likeness (QED) is 0.849. The van der Waals surface area contributed by atoms with Gasteiger partial charge in [0.15, 0.2) is 0 Å². The van der Waals surface area contributed by atoms with Gasteiger partial charge in [-0.05, 0) is 18.4 Å². The van der Waals surface area contributed by atoms with Crippen molar-refractivity contribution >= 4 is 17.2 Å². The van der Waals surface area contributed by atoms with Gasteiger partial charge in [0.05, 0.1) is 17.2 Å². The number of benzene rings is 1. The zero-order valence-electron chi connectivity index (χ0n) is 13.3. The van der Waals surface area contributed by atoms with E-state index in [1.165, 1.54) is 18.4 Å². The molecule has 2 N–H and O–H groups in total. The maximum atomic E-state index is 11.4. The molecule has 1 aliphatic carbocycles. The molecule has 0 bridgehead atoms. The molecule has 0 atom stereocenters. The molecule has 1 amide bonds. The lowest BCUT2D eigenvalue weighted by Crippen LogP contribution is -2.39. The first-order valence-electron chi connectivity index (χ1n) is 8.20. The Labute approximate surface area is 141 Å². The number of aromatic nitrogens is 1. The fourth-order valence-electron chi connectivity index (χ4n) is 3.26. The Bertz CT molecular complexity index is 635. The van der Waals surface area contributed by atoms with Crippen LogP contribution in [-0.2, 0) is 17.8 Å². The molecule has 1 saturated carbocycles. The van der Waals surface area contributed by atoms with Crippen molar-refractivity contribution in [1.82, 2.24) is 9.88 Å². The van der Waals surface area contributed by atoms with Crippen LogP contribution in [0, 0.1) is 0 Å². The lowest BCUT2D eigenvalue weighted by Gasteiger charge is -2.26. The number of nitrogens with zero attached hydrogens (tertiary/aromatic N) is 2. The van der Waals surface area contributed by atoms with E-state index in [9.17, 15) is 4.79 Å². The molecule has 1 aromatic carbocycles. The molecule has 1 heterocycles. The Morgan fingerprint density at radius 1 is 1.26 bits per heavy atom. The van der Waals surface area contributed by atoms with Crippen LogP contribution in [0.5, 0.6) is 0 Å². The van der Waals surface area contributed by atoms with Crippen LogP contribution in [0.4, 0.5) is 0 Å². The predicted octanol–water partition coefficient (Wildman–Crippen LogP) is 2.96. The number of carbonyl (C=O) groups excluding carboxylic acids is 1. The third kappa shape index (κ3) is 4.62. The van der Waals surface area contributed by atoms with Crippen LogP contribution in [0.1, 0.15) is 41.9 Å². The summed E-state index contributed by atoms with van der Waals surface area (Å²) in [6.45, 7) is 1.05. The summed E-state index contributed by atoms with van der Waals surface area (Å²) in [5.74, 6) is -0.253. The zero-order chi connectivity index (χ0) is 16.1. The molecule has 2 aromatic rings. The molecule has 0 spiro atoms. The van der Waals surface area contributed by atoms with Gasteiger partial charge >= 0.3 is 0 Å². The van der Waals surface area contributed by atoms with E-state index >= 15 is 0 Å². The summed E-state index contributed by atoms with van der Waals surface area (Å²) in [5, 5.41) is 3.23. The van der Waals surface area contributed by atoms with Gasteiger partial charge < -0.3 is 5.73 Å². The molecule has 1 fully saturated rings. The molecule has 0 unspecified atom stereocenters. The van der Waals surface area contributed by atoms with Crippen LogP contribution in [0.25, 0.3) is 0 Å². The molecule has 3 rings (SSSR count). The Kier molecular flexibility index (Phi) is 5.41. The van der Waals surface area contributed by atoms with Gasteiger partial charge in [0, 0.05) is 24.4 Å². The number of amides is 1. The van der Waals surface area contributed by atoms with Crippen LogP contribution >= 0.6 is 11.3 Å². The Hall–Kier alpha value is -1.72. The minimum atomic E-state index is -0.253. The van der Waals surface area contributed by atoms with Crippen LogP contribution < -0.4 is 5.73 Å². The van der Waals surface area contributed by atoms with Crippen LogP contribution in [0.3, 0.4) is 0 Å². The first-order chi connectivity index (χ1) is 11.2. The Morgan fingerprint density at radius 2 is 2.00 bits per heavy atom. The number of hydrogen-bond donors (Lipinski definition) is 1. The van der Waals surface area contributed by atoms with Crippen LogP contribution in [0.15, 0.2) is 35.7 Å². The predicted molar refractivity (Wildman–Crippen MR) is 93.2 cm³/mol. The first kappa shape index (κ1) is 16.1. The number of primary amides is 1. The molecule has 0 radical (unpaired) electrons. The van der Waals surface area contributed by atoms with Crippen molar-refractivity contribution < 1.29 is 4.79 Å². The van der Waals surface area contributed by atoms with Crippen molar-refractivity contribution in [3.63, 3.8) is 0 Å². The van der Waals surface area contributed by atoms with Crippen LogP contribution in [0.2, 0.25) is 0 Å². The summed E-state index contributed by atoms with van der Waals surface area (Å²) in [4.78, 5) is 18.3. The van der Waals surface area contributed by atoms with Gasteiger partial charge in [-0.1, -0.05) is 43.2 Å². The second-order valence-corrected chi connectivity index (χ2v) is 7.15. The summed E-state index contributed by atoms with van der Waals surface area (Å²) < 4.78 is 0. The molecule has 1 aromatic heterocycles. The van der Waals surface area contributed by atoms with Gasteiger partial charge in [-0.25, -0.2) is 4.98 Å². The molecule has 4 nitrogen and oxygen atoms in total. The third-order valence-electron chi connectivity index (χ3n) is 4.36. The van der Waals surface area contributed by atoms with E-state index < -0.39 is 0 Å². The van der Waals surface area contributed by atoms with Crippen molar-refractivity contribution in [2.75, 3.05) is 6.54 Å². The topological polar surface area (TPSA) is 59.2 Å². The van der Waals surface area contributed by atoms with E-state index in [1.807, 2.05) is 6.07 Å². The van der Waals surface area contributed by atoms with Gasteiger partial charge in [-0.2, -0.15) is 0 Å². The average molecular weight is 329 g/mol. The fourth-order valence-corrected chi connectivity index (χ4v) is 4.08. The summed E-state index contributed by atoms with van der Waals surface area (Å²) in [7, 11) is 0. The summed E-state index contributed by atoms with van der Waals surface area (Å²) in [6, 6.07) is 10.9. The standard InChI is InChI=1S/C18H23N3OS/c19-17(22)12-21(16-8-4-5-9-16)11-15-13-23-18(20-15)10-14-6-2-1-3-7-14/h1-3,6-7,13,16H,4-5,8-12H2,(H2,19,22). The SMILES string of the molecule is NC(=O)CN(Cc1csc(Cc2ccccc2)n1)C1CCCC1. The molecular formula is C18H23N3OS. The largest absolute Gasteiger partial charge is 0.369 e. The highest BCUT2D eigenvalue weighted by molar-refractivity contribution is 7.09. The monoisotopic (exact) mass is 329 g/mol. The number of rotatable bonds is 7. The Morgan fingerprint density at radius 3 is 2.70 bits per heavy atom. The highest BCUT2D eigenvalue weighted by atomic mass is 32.1. The van der Waals surface area contributed by atoms with Gasteiger partial charge in [-0.3, -0.25) is 9.69 Å². The van der Waals surface area contributed by atoms with E-state index in [2.05, 4.69) is 34.5 Å². The molecule has 0 aliphatic heterocycles. The molecule has 0 saturated heterocycles. The van der Waals surface area contributed by atoms with Crippen molar-refractivity contribution in [2.24, 2.45) is 5.73 Å². The second-order valence-electron chi connectivity index (χ2n) is 6.20. The molecular weight excluding hydrogens is 306 g/mol. The second kappa shape index (κ2) is 7.70. The smallest absolute Gasteiger partial charge is 0.231 e. The third-order valence-corrected chi connectivity index (χ3v) is 5.26. The highest BCUT2D eigenvalue weighted by Crippen LogP contribution is 2.25. The summed E-state index contributed by atoms with van der Waals surface area (Å²) >= 11 is 1.69. The van der Waals surface area contributed by atoms with Crippen molar-refractivity contribution in [1.29, 1.82) is 0 Å². The average Bonchev–Trinajstić information content (AvgIpc) is 3.19. The molecule has 122 valence electrons. The number of thiazole rings is 1. The van der Waals surface area contributed by atoms with E-state index in [4.69, 9.17) is 10.7 Å². The highest BCUT2D eigenvalue weighted by Gasteiger charge is 2.24. The van der Waals surface area contributed by atoms with Crippen molar-refractivity contribution in [3.05, 3.63) is 52.0 Å². The lowest BCUT2D eigenvalue weighted by molar-refractivity contribution is -0.119. The molecule has 1 aliphatic rings. The fraction of sp³-hybridized carbons (Fsp3) is 0.444. The van der Waals surface area contributed by atoms with Gasteiger partial charge in [-0.15, -0.1) is 11.3 Å². The van der Waals surface area contributed by atoms with Gasteiger partial charge in [0.2, 0.25) is 5.91 Å². The van der Waals surface area contributed by atoms with Gasteiger partial charge in [0.1, 0.15) is 0 Å². The first-order valence-corrected chi connectivity index (χ1v) is 9.08.